The summed E-state index contributed by atoms with van der Waals surface area (Å²) < 4.78 is 22.0. The van der Waals surface area contributed by atoms with Crippen molar-refractivity contribution < 1.29 is 28.5 Å². The van der Waals surface area contributed by atoms with Crippen LogP contribution in [-0.4, -0.2) is 37.6 Å². The van der Waals surface area contributed by atoms with Crippen LogP contribution in [-0.2, 0) is 32.0 Å². The van der Waals surface area contributed by atoms with E-state index in [-0.39, 0.29) is 24.9 Å². The van der Waals surface area contributed by atoms with Gasteiger partial charge in [0.1, 0.15) is 18.5 Å². The molecule has 1 N–H and O–H groups in total. The molecule has 0 radical (unpaired) electrons. The molecule has 1 atom stereocenters. The summed E-state index contributed by atoms with van der Waals surface area (Å²) in [6, 6.07) is 8.01. The average Bonchev–Trinajstić information content (AvgIpc) is 3.27. The van der Waals surface area contributed by atoms with Crippen LogP contribution < -0.4 is 10.1 Å². The van der Waals surface area contributed by atoms with E-state index in [9.17, 15) is 9.59 Å². The number of hydrogen-bond acceptors (Lipinski definition) is 8. The van der Waals surface area contributed by atoms with E-state index in [4.69, 9.17) is 18.9 Å². The summed E-state index contributed by atoms with van der Waals surface area (Å²) in [4.78, 5) is 26.0. The number of piperidine rings is 1. The van der Waals surface area contributed by atoms with Gasteiger partial charge in [0.15, 0.2) is 0 Å². The zero-order valence-electron chi connectivity index (χ0n) is 21.1. The molecule has 2 aliphatic heterocycles. The van der Waals surface area contributed by atoms with Gasteiger partial charge in [-0.15, -0.1) is 23.7 Å². The van der Waals surface area contributed by atoms with Gasteiger partial charge in [-0.3, -0.25) is 4.79 Å². The van der Waals surface area contributed by atoms with Crippen LogP contribution in [0.3, 0.4) is 0 Å². The number of fused-ring (bicyclic) bond motifs is 2. The fourth-order valence-corrected chi connectivity index (χ4v) is 6.20. The number of carbonyl (C=O) groups excluding carboxylic acids is 2. The quantitative estimate of drug-likeness (QED) is 0.354. The van der Waals surface area contributed by atoms with Crippen molar-refractivity contribution in [2.24, 2.45) is 0 Å². The third kappa shape index (κ3) is 6.86. The number of hydrogen-bond donors (Lipinski definition) is 1. The monoisotopic (exact) mass is 547 g/mol. The third-order valence-corrected chi connectivity index (χ3v) is 7.93. The fraction of sp³-hybridized carbons (Fsp3) is 0.500. The zero-order valence-corrected chi connectivity index (χ0v) is 22.7. The molecule has 0 spiro atoms. The summed E-state index contributed by atoms with van der Waals surface area (Å²) >= 11 is 1.74. The number of nitrogens with one attached hydrogen (secondary N) is 1. The lowest BCUT2D eigenvalue weighted by atomic mass is 9.90. The van der Waals surface area contributed by atoms with Crippen molar-refractivity contribution in [2.45, 2.75) is 77.3 Å². The molecular formula is C28H34ClNO6S. The van der Waals surface area contributed by atoms with Crippen LogP contribution in [0.15, 0.2) is 35.2 Å². The molecule has 1 unspecified atom stereocenters. The van der Waals surface area contributed by atoms with Crippen molar-refractivity contribution in [1.29, 1.82) is 0 Å². The van der Waals surface area contributed by atoms with Crippen LogP contribution in [0.1, 0.15) is 73.4 Å². The Kier molecular flexibility index (Phi) is 9.51. The maximum Gasteiger partial charge on any atom is 0.511 e. The molecule has 37 heavy (non-hydrogen) atoms. The highest BCUT2D eigenvalue weighted by Gasteiger charge is 2.26. The van der Waals surface area contributed by atoms with Gasteiger partial charge < -0.3 is 24.3 Å². The minimum absolute atomic E-state index is 0. The molecule has 1 saturated carbocycles. The summed E-state index contributed by atoms with van der Waals surface area (Å²) in [6.45, 7) is 3.99. The molecule has 200 valence electrons. The smallest absolute Gasteiger partial charge is 0.488 e. The van der Waals surface area contributed by atoms with Crippen molar-refractivity contribution in [3.63, 3.8) is 0 Å². The molecule has 3 aliphatic rings. The molecule has 5 rings (SSSR count). The molecular weight excluding hydrogens is 514 g/mol. The molecule has 3 heterocycles. The van der Waals surface area contributed by atoms with E-state index in [0.29, 0.717) is 6.61 Å². The van der Waals surface area contributed by atoms with E-state index in [1.165, 1.54) is 34.9 Å². The fourth-order valence-electron chi connectivity index (χ4n) is 5.18. The van der Waals surface area contributed by atoms with Crippen molar-refractivity contribution in [3.05, 3.63) is 56.8 Å². The predicted octanol–water partition coefficient (Wildman–Crippen LogP) is 6.17. The van der Waals surface area contributed by atoms with Gasteiger partial charge in [0.2, 0.25) is 6.29 Å². The Morgan fingerprint density at radius 2 is 1.89 bits per heavy atom. The second-order valence-electron chi connectivity index (χ2n) is 9.60. The minimum atomic E-state index is -1.01. The Labute approximate surface area is 227 Å². The summed E-state index contributed by atoms with van der Waals surface area (Å²) in [5.74, 6) is 0.369. The third-order valence-electron chi connectivity index (χ3n) is 6.95. The normalized spacial score (nSPS) is 18.3. The Morgan fingerprint density at radius 3 is 2.68 bits per heavy atom. The summed E-state index contributed by atoms with van der Waals surface area (Å²) in [7, 11) is 0. The Hall–Kier alpha value is -2.55. The molecule has 2 aromatic rings. The maximum atomic E-state index is 12.7. The SMILES string of the molecule is CC(OC(=O)Cc1ccc2c(c1)C(=C1CCNCC1)c1sccc1CO2)OC(=O)OC1CCCCC1.Cl. The Morgan fingerprint density at radius 1 is 1.11 bits per heavy atom. The summed E-state index contributed by atoms with van der Waals surface area (Å²) in [6.07, 6.45) is 5.13. The van der Waals surface area contributed by atoms with Crippen molar-refractivity contribution in [1.82, 2.24) is 5.32 Å². The van der Waals surface area contributed by atoms with Gasteiger partial charge in [-0.05, 0) is 80.8 Å². The highest BCUT2D eigenvalue weighted by molar-refractivity contribution is 7.11. The predicted molar refractivity (Wildman–Crippen MR) is 144 cm³/mol. The van der Waals surface area contributed by atoms with Gasteiger partial charge in [-0.1, -0.05) is 18.1 Å². The van der Waals surface area contributed by atoms with Crippen molar-refractivity contribution in [3.8, 4) is 5.75 Å². The van der Waals surface area contributed by atoms with Crippen LogP contribution >= 0.6 is 23.7 Å². The van der Waals surface area contributed by atoms with Crippen LogP contribution in [0, 0.1) is 0 Å². The summed E-state index contributed by atoms with van der Waals surface area (Å²) in [5, 5.41) is 5.55. The zero-order chi connectivity index (χ0) is 24.9. The topological polar surface area (TPSA) is 83.1 Å². The molecule has 1 aromatic heterocycles. The van der Waals surface area contributed by atoms with Crippen LogP contribution in [0.4, 0.5) is 4.79 Å². The number of ether oxygens (including phenoxy) is 4. The van der Waals surface area contributed by atoms with Gasteiger partial charge in [0.25, 0.3) is 0 Å². The average molecular weight is 548 g/mol. The van der Waals surface area contributed by atoms with Gasteiger partial charge in [-0.25, -0.2) is 4.79 Å². The van der Waals surface area contributed by atoms with E-state index < -0.39 is 18.4 Å². The number of esters is 1. The first-order valence-electron chi connectivity index (χ1n) is 12.9. The highest BCUT2D eigenvalue weighted by atomic mass is 35.5. The Balaban J connectivity index is 0.00000320. The first kappa shape index (κ1) is 27.5. The number of carbonyl (C=O) groups is 2. The van der Waals surface area contributed by atoms with Gasteiger partial charge >= 0.3 is 12.1 Å². The molecule has 7 nitrogen and oxygen atoms in total. The van der Waals surface area contributed by atoms with Gasteiger partial charge in [0.05, 0.1) is 6.42 Å². The van der Waals surface area contributed by atoms with Gasteiger partial charge in [0, 0.05) is 28.5 Å². The van der Waals surface area contributed by atoms with Crippen LogP contribution in [0.25, 0.3) is 5.57 Å². The van der Waals surface area contributed by atoms with Crippen molar-refractivity contribution in [2.75, 3.05) is 13.1 Å². The van der Waals surface area contributed by atoms with Crippen molar-refractivity contribution >= 4 is 41.4 Å². The van der Waals surface area contributed by atoms with E-state index >= 15 is 0 Å². The van der Waals surface area contributed by atoms with Crippen LogP contribution in [0.5, 0.6) is 5.75 Å². The molecule has 2 fully saturated rings. The first-order chi connectivity index (χ1) is 17.6. The molecule has 0 amide bonds. The lowest BCUT2D eigenvalue weighted by molar-refractivity contribution is -0.168. The number of halogens is 1. The molecule has 0 bridgehead atoms. The van der Waals surface area contributed by atoms with Crippen LogP contribution in [0.2, 0.25) is 0 Å². The summed E-state index contributed by atoms with van der Waals surface area (Å²) in [5.41, 5.74) is 5.71. The second kappa shape index (κ2) is 12.8. The second-order valence-corrected chi connectivity index (χ2v) is 10.5. The standard InChI is InChI=1S/C28H33NO6S.ClH/c1-18(34-28(31)35-22-5-3-2-4-6-22)33-25(30)16-19-7-8-24-23(15-19)26(20-9-12-29-13-10-20)27-21(17-32-24)11-14-36-27;/h7-8,11,14-15,18,22,29H,2-6,9-10,12-13,16-17H2,1H3;1H. The molecule has 1 aromatic carbocycles. The van der Waals surface area contributed by atoms with E-state index in [2.05, 4.69) is 16.8 Å². The largest absolute Gasteiger partial charge is 0.511 e. The minimum Gasteiger partial charge on any atom is -0.488 e. The van der Waals surface area contributed by atoms with Gasteiger partial charge in [-0.2, -0.15) is 0 Å². The highest BCUT2D eigenvalue weighted by Crippen LogP contribution is 2.43. The lowest BCUT2D eigenvalue weighted by Gasteiger charge is -2.22. The molecule has 1 aliphatic carbocycles. The Bertz CT molecular complexity index is 1130. The number of benzene rings is 1. The van der Waals surface area contributed by atoms with E-state index in [1.54, 1.807) is 11.3 Å². The first-order valence-corrected chi connectivity index (χ1v) is 13.8. The van der Waals surface area contributed by atoms with E-state index in [1.807, 2.05) is 18.2 Å². The van der Waals surface area contributed by atoms with E-state index in [0.717, 1.165) is 68.5 Å². The number of rotatable bonds is 5. The lowest BCUT2D eigenvalue weighted by Crippen LogP contribution is -2.27. The maximum absolute atomic E-state index is 12.7. The number of thiophene rings is 1. The molecule has 1 saturated heterocycles. The molecule has 9 heteroatoms.